The SMILES string of the molecule is NCc1ccc(C(=O)Nc2ccncc2)cc1-c1cccc(C(=O)N2CCC(COC3CCOC3=O)CC2)c1. The molecule has 3 N–H and O–H groups in total. The van der Waals surface area contributed by atoms with Crippen molar-refractivity contribution in [2.24, 2.45) is 11.7 Å². The van der Waals surface area contributed by atoms with E-state index in [2.05, 4.69) is 10.3 Å². The Morgan fingerprint density at radius 2 is 1.82 bits per heavy atom. The van der Waals surface area contributed by atoms with Crippen molar-refractivity contribution in [2.75, 3.05) is 31.6 Å². The number of pyridine rings is 1. The number of nitrogens with two attached hydrogens (primary N) is 1. The van der Waals surface area contributed by atoms with Crippen molar-refractivity contribution in [1.29, 1.82) is 0 Å². The molecule has 2 amide bonds. The molecule has 0 saturated carbocycles. The van der Waals surface area contributed by atoms with E-state index in [0.717, 1.165) is 29.5 Å². The number of benzene rings is 2. The number of nitrogens with one attached hydrogen (secondary N) is 1. The highest BCUT2D eigenvalue weighted by Gasteiger charge is 2.30. The lowest BCUT2D eigenvalue weighted by atomic mass is 9.94. The molecule has 2 fully saturated rings. The molecule has 202 valence electrons. The molecule has 1 atom stereocenters. The fourth-order valence-electron chi connectivity index (χ4n) is 4.99. The van der Waals surface area contributed by atoms with E-state index in [1.165, 1.54) is 0 Å². The summed E-state index contributed by atoms with van der Waals surface area (Å²) in [6.07, 6.45) is 5.03. The number of cyclic esters (lactones) is 1. The Bertz CT molecular complexity index is 1340. The van der Waals surface area contributed by atoms with Gasteiger partial charge < -0.3 is 25.4 Å². The summed E-state index contributed by atoms with van der Waals surface area (Å²) in [4.78, 5) is 43.7. The molecule has 9 nitrogen and oxygen atoms in total. The quantitative estimate of drug-likeness (QED) is 0.428. The van der Waals surface area contributed by atoms with Crippen LogP contribution >= 0.6 is 0 Å². The zero-order valence-electron chi connectivity index (χ0n) is 21.7. The number of aromatic nitrogens is 1. The number of anilines is 1. The maximum Gasteiger partial charge on any atom is 0.335 e. The van der Waals surface area contributed by atoms with Crippen LogP contribution in [-0.4, -0.2) is 60.1 Å². The topological polar surface area (TPSA) is 124 Å². The zero-order valence-corrected chi connectivity index (χ0v) is 21.7. The van der Waals surface area contributed by atoms with Crippen molar-refractivity contribution in [3.05, 3.63) is 83.7 Å². The van der Waals surface area contributed by atoms with Crippen LogP contribution in [0.15, 0.2) is 67.0 Å². The minimum Gasteiger partial charge on any atom is -0.464 e. The number of amides is 2. The molecule has 2 aliphatic heterocycles. The lowest BCUT2D eigenvalue weighted by Crippen LogP contribution is -2.39. The molecule has 1 unspecified atom stereocenters. The van der Waals surface area contributed by atoms with E-state index in [1.54, 1.807) is 30.6 Å². The summed E-state index contributed by atoms with van der Waals surface area (Å²) < 4.78 is 10.7. The second-order valence-corrected chi connectivity index (χ2v) is 9.86. The monoisotopic (exact) mass is 528 g/mol. The first-order valence-electron chi connectivity index (χ1n) is 13.2. The Hall–Kier alpha value is -4.08. The van der Waals surface area contributed by atoms with Crippen molar-refractivity contribution in [3.8, 4) is 11.1 Å². The summed E-state index contributed by atoms with van der Waals surface area (Å²) in [6, 6.07) is 16.3. The predicted octanol–water partition coefficient (Wildman–Crippen LogP) is 3.64. The Balaban J connectivity index is 1.25. The summed E-state index contributed by atoms with van der Waals surface area (Å²) in [5.41, 5.74) is 10.3. The highest BCUT2D eigenvalue weighted by Crippen LogP contribution is 2.28. The summed E-state index contributed by atoms with van der Waals surface area (Å²) in [5, 5.41) is 2.87. The second kappa shape index (κ2) is 12.2. The molecule has 2 aromatic carbocycles. The zero-order chi connectivity index (χ0) is 27.2. The van der Waals surface area contributed by atoms with Crippen molar-refractivity contribution in [1.82, 2.24) is 9.88 Å². The fourth-order valence-corrected chi connectivity index (χ4v) is 4.99. The average Bonchev–Trinajstić information content (AvgIpc) is 3.40. The Morgan fingerprint density at radius 1 is 1.03 bits per heavy atom. The van der Waals surface area contributed by atoms with Crippen LogP contribution in [0.25, 0.3) is 11.1 Å². The summed E-state index contributed by atoms with van der Waals surface area (Å²) in [6.45, 7) is 2.49. The first-order valence-corrected chi connectivity index (χ1v) is 13.2. The first kappa shape index (κ1) is 26.5. The molecule has 0 spiro atoms. The van der Waals surface area contributed by atoms with E-state index in [9.17, 15) is 14.4 Å². The normalized spacial score (nSPS) is 17.6. The third-order valence-corrected chi connectivity index (χ3v) is 7.27. The molecule has 1 aromatic heterocycles. The fraction of sp³-hybridized carbons (Fsp3) is 0.333. The second-order valence-electron chi connectivity index (χ2n) is 9.86. The van der Waals surface area contributed by atoms with Gasteiger partial charge in [0, 0.05) is 55.3 Å². The largest absolute Gasteiger partial charge is 0.464 e. The number of carbonyl (C=O) groups is 3. The first-order chi connectivity index (χ1) is 19.0. The molecule has 9 heteroatoms. The molecule has 0 aliphatic carbocycles. The number of ether oxygens (including phenoxy) is 2. The number of carbonyl (C=O) groups excluding carboxylic acids is 3. The number of esters is 1. The highest BCUT2D eigenvalue weighted by atomic mass is 16.6. The van der Waals surface area contributed by atoms with E-state index < -0.39 is 6.10 Å². The third kappa shape index (κ3) is 6.32. The minimum atomic E-state index is -0.453. The summed E-state index contributed by atoms with van der Waals surface area (Å²) in [5.74, 6) is -0.242. The third-order valence-electron chi connectivity index (χ3n) is 7.27. The van der Waals surface area contributed by atoms with E-state index in [1.807, 2.05) is 41.3 Å². The van der Waals surface area contributed by atoms with E-state index in [0.29, 0.717) is 62.0 Å². The molecule has 3 aromatic rings. The van der Waals surface area contributed by atoms with Crippen LogP contribution in [0.3, 0.4) is 0 Å². The molecule has 39 heavy (non-hydrogen) atoms. The smallest absolute Gasteiger partial charge is 0.335 e. The van der Waals surface area contributed by atoms with Crippen LogP contribution in [0.1, 0.15) is 45.5 Å². The number of piperidine rings is 1. The standard InChI is InChI=1S/C30H32N4O5/c31-18-24-5-4-22(28(35)33-25-6-11-32-12-7-25)17-26(24)21-2-1-3-23(16-21)29(36)34-13-8-20(9-14-34)19-39-27-10-15-38-30(27)37/h1-7,11-12,16-17,20,27H,8-10,13-15,18-19,31H2,(H,32,33,35). The van der Waals surface area contributed by atoms with E-state index in [-0.39, 0.29) is 17.8 Å². The van der Waals surface area contributed by atoms with Crippen LogP contribution < -0.4 is 11.1 Å². The summed E-state index contributed by atoms with van der Waals surface area (Å²) in [7, 11) is 0. The van der Waals surface area contributed by atoms with Crippen LogP contribution in [0.4, 0.5) is 5.69 Å². The molecule has 3 heterocycles. The Morgan fingerprint density at radius 3 is 2.54 bits per heavy atom. The summed E-state index contributed by atoms with van der Waals surface area (Å²) >= 11 is 0. The van der Waals surface area contributed by atoms with Gasteiger partial charge in [0.05, 0.1) is 13.2 Å². The molecule has 2 saturated heterocycles. The van der Waals surface area contributed by atoms with E-state index in [4.69, 9.17) is 15.2 Å². The van der Waals surface area contributed by atoms with Gasteiger partial charge in [-0.3, -0.25) is 14.6 Å². The maximum absolute atomic E-state index is 13.4. The lowest BCUT2D eigenvalue weighted by molar-refractivity contribution is -0.148. The van der Waals surface area contributed by atoms with Gasteiger partial charge in [-0.1, -0.05) is 18.2 Å². The number of hydrogen-bond donors (Lipinski definition) is 2. The van der Waals surface area contributed by atoms with E-state index >= 15 is 0 Å². The van der Waals surface area contributed by atoms with Gasteiger partial charge in [0.2, 0.25) is 0 Å². The lowest BCUT2D eigenvalue weighted by Gasteiger charge is -2.32. The molecule has 5 rings (SSSR count). The number of rotatable bonds is 8. The van der Waals surface area contributed by atoms with Gasteiger partial charge in [0.15, 0.2) is 6.10 Å². The van der Waals surface area contributed by atoms with Gasteiger partial charge in [0.1, 0.15) is 0 Å². The Labute approximate surface area is 227 Å². The van der Waals surface area contributed by atoms with Crippen LogP contribution in [0, 0.1) is 5.92 Å². The molecular formula is C30H32N4O5. The number of likely N-dealkylation sites (tertiary alicyclic amines) is 1. The minimum absolute atomic E-state index is 0.0310. The van der Waals surface area contributed by atoms with Gasteiger partial charge in [-0.05, 0) is 71.8 Å². The van der Waals surface area contributed by atoms with Crippen molar-refractivity contribution < 1.29 is 23.9 Å². The van der Waals surface area contributed by atoms with Gasteiger partial charge >= 0.3 is 5.97 Å². The van der Waals surface area contributed by atoms with Gasteiger partial charge in [-0.25, -0.2) is 4.79 Å². The van der Waals surface area contributed by atoms with Crippen molar-refractivity contribution >= 4 is 23.5 Å². The highest BCUT2D eigenvalue weighted by molar-refractivity contribution is 6.05. The van der Waals surface area contributed by atoms with Gasteiger partial charge in [-0.2, -0.15) is 0 Å². The van der Waals surface area contributed by atoms with Crippen molar-refractivity contribution in [3.63, 3.8) is 0 Å². The van der Waals surface area contributed by atoms with Crippen LogP contribution in [-0.2, 0) is 20.8 Å². The maximum atomic E-state index is 13.4. The molecule has 2 aliphatic rings. The van der Waals surface area contributed by atoms with Gasteiger partial charge in [0.25, 0.3) is 11.8 Å². The van der Waals surface area contributed by atoms with Crippen LogP contribution in [0.2, 0.25) is 0 Å². The number of nitrogens with zero attached hydrogens (tertiary/aromatic N) is 2. The van der Waals surface area contributed by atoms with Gasteiger partial charge in [-0.15, -0.1) is 0 Å². The van der Waals surface area contributed by atoms with Crippen molar-refractivity contribution in [2.45, 2.75) is 31.9 Å². The Kier molecular flexibility index (Phi) is 8.29. The molecular weight excluding hydrogens is 496 g/mol. The molecule has 0 bridgehead atoms. The predicted molar refractivity (Wildman–Crippen MR) is 146 cm³/mol. The molecule has 0 radical (unpaired) electrons. The average molecular weight is 529 g/mol. The number of hydrogen-bond acceptors (Lipinski definition) is 7. The van der Waals surface area contributed by atoms with Crippen LogP contribution in [0.5, 0.6) is 0 Å².